The third-order valence-corrected chi connectivity index (χ3v) is 3.88. The molecule has 0 bridgehead atoms. The highest BCUT2D eigenvalue weighted by atomic mass is 32.1. The Kier molecular flexibility index (Phi) is 2.97. The summed E-state index contributed by atoms with van der Waals surface area (Å²) in [7, 11) is 1.64. The van der Waals surface area contributed by atoms with E-state index in [1.54, 1.807) is 30.6 Å². The maximum absolute atomic E-state index is 10.5. The van der Waals surface area contributed by atoms with E-state index < -0.39 is 0 Å². The molecule has 0 N–H and O–H groups in total. The van der Waals surface area contributed by atoms with Gasteiger partial charge in [-0.05, 0) is 47.6 Å². The number of nitroso groups, excluding NO2 is 1. The van der Waals surface area contributed by atoms with Gasteiger partial charge in [-0.25, -0.2) is 4.98 Å². The molecule has 0 radical (unpaired) electrons. The van der Waals surface area contributed by atoms with E-state index >= 15 is 0 Å². The van der Waals surface area contributed by atoms with Crippen LogP contribution in [0.25, 0.3) is 20.8 Å². The zero-order valence-electron chi connectivity index (χ0n) is 10.2. The molecular weight excluding hydrogens is 260 g/mol. The average molecular weight is 270 g/mol. The van der Waals surface area contributed by atoms with Crippen LogP contribution in [0, 0.1) is 4.91 Å². The largest absolute Gasteiger partial charge is 0.497 e. The Balaban J connectivity index is 2.06. The van der Waals surface area contributed by atoms with Crippen molar-refractivity contribution < 1.29 is 4.74 Å². The Hall–Kier alpha value is -2.27. The molecule has 5 heteroatoms. The highest BCUT2D eigenvalue weighted by molar-refractivity contribution is 7.21. The monoisotopic (exact) mass is 270 g/mol. The number of fused-ring (bicyclic) bond motifs is 1. The Morgan fingerprint density at radius 1 is 1.16 bits per heavy atom. The minimum Gasteiger partial charge on any atom is -0.497 e. The fourth-order valence-electron chi connectivity index (χ4n) is 1.83. The van der Waals surface area contributed by atoms with E-state index in [2.05, 4.69) is 10.2 Å². The Morgan fingerprint density at radius 2 is 1.95 bits per heavy atom. The van der Waals surface area contributed by atoms with E-state index in [9.17, 15) is 4.91 Å². The second kappa shape index (κ2) is 4.78. The van der Waals surface area contributed by atoms with E-state index in [-0.39, 0.29) is 0 Å². The second-order valence-electron chi connectivity index (χ2n) is 3.99. The van der Waals surface area contributed by atoms with Crippen molar-refractivity contribution >= 4 is 27.2 Å². The van der Waals surface area contributed by atoms with Gasteiger partial charge in [0.05, 0.1) is 17.3 Å². The molecule has 2 aromatic carbocycles. The van der Waals surface area contributed by atoms with Crippen LogP contribution in [-0.4, -0.2) is 12.1 Å². The minimum atomic E-state index is 0.428. The van der Waals surface area contributed by atoms with Gasteiger partial charge in [0.25, 0.3) is 0 Å². The minimum absolute atomic E-state index is 0.428. The van der Waals surface area contributed by atoms with Crippen LogP contribution in [0.1, 0.15) is 0 Å². The van der Waals surface area contributed by atoms with Crippen molar-refractivity contribution in [1.29, 1.82) is 0 Å². The van der Waals surface area contributed by atoms with Crippen LogP contribution in [-0.2, 0) is 0 Å². The van der Waals surface area contributed by atoms with Gasteiger partial charge in [0.1, 0.15) is 16.4 Å². The van der Waals surface area contributed by atoms with Crippen LogP contribution < -0.4 is 4.74 Å². The van der Waals surface area contributed by atoms with Crippen LogP contribution in [0.15, 0.2) is 47.6 Å². The summed E-state index contributed by atoms with van der Waals surface area (Å²) >= 11 is 1.54. The number of hydrogen-bond donors (Lipinski definition) is 0. The van der Waals surface area contributed by atoms with E-state index in [0.717, 1.165) is 26.5 Å². The summed E-state index contributed by atoms with van der Waals surface area (Å²) in [6.07, 6.45) is 0. The molecule has 0 saturated heterocycles. The lowest BCUT2D eigenvalue weighted by Crippen LogP contribution is -1.82. The number of benzene rings is 2. The molecule has 0 atom stereocenters. The predicted molar refractivity (Wildman–Crippen MR) is 77.1 cm³/mol. The zero-order chi connectivity index (χ0) is 13.2. The molecule has 0 fully saturated rings. The molecule has 94 valence electrons. The zero-order valence-corrected chi connectivity index (χ0v) is 11.0. The van der Waals surface area contributed by atoms with E-state index in [1.165, 1.54) is 0 Å². The molecular formula is C14H10N2O2S. The lowest BCUT2D eigenvalue weighted by Gasteiger charge is -1.99. The lowest BCUT2D eigenvalue weighted by molar-refractivity contribution is 0.415. The van der Waals surface area contributed by atoms with E-state index in [4.69, 9.17) is 4.74 Å². The van der Waals surface area contributed by atoms with Crippen LogP contribution in [0.3, 0.4) is 0 Å². The molecule has 0 unspecified atom stereocenters. The Bertz CT molecular complexity index is 735. The first-order chi connectivity index (χ1) is 9.30. The van der Waals surface area contributed by atoms with Gasteiger partial charge in [-0.15, -0.1) is 16.2 Å². The normalized spacial score (nSPS) is 10.6. The average Bonchev–Trinajstić information content (AvgIpc) is 2.90. The number of methoxy groups -OCH3 is 1. The van der Waals surface area contributed by atoms with E-state index in [1.807, 2.05) is 30.3 Å². The van der Waals surface area contributed by atoms with Crippen molar-refractivity contribution in [3.63, 3.8) is 0 Å². The number of ether oxygens (including phenoxy) is 1. The van der Waals surface area contributed by atoms with Gasteiger partial charge in [-0.1, -0.05) is 0 Å². The van der Waals surface area contributed by atoms with E-state index in [0.29, 0.717) is 5.69 Å². The first kappa shape index (κ1) is 11.8. The second-order valence-corrected chi connectivity index (χ2v) is 5.02. The van der Waals surface area contributed by atoms with Crippen LogP contribution >= 0.6 is 11.3 Å². The van der Waals surface area contributed by atoms with Crippen molar-refractivity contribution in [2.24, 2.45) is 5.18 Å². The van der Waals surface area contributed by atoms with Crippen molar-refractivity contribution in [2.75, 3.05) is 7.11 Å². The fourth-order valence-corrected chi connectivity index (χ4v) is 2.83. The molecule has 1 aromatic heterocycles. The third-order valence-electron chi connectivity index (χ3n) is 2.81. The maximum Gasteiger partial charge on any atom is 0.124 e. The summed E-state index contributed by atoms with van der Waals surface area (Å²) < 4.78 is 6.09. The molecule has 3 aromatic rings. The number of aromatic nitrogens is 1. The molecule has 1 heterocycles. The van der Waals surface area contributed by atoms with Crippen LogP contribution in [0.4, 0.5) is 5.69 Å². The standard InChI is InChI=1S/C14H10N2O2S/c1-18-11-5-2-9(3-6-11)14-15-12-7-4-10(16-17)8-13(12)19-14/h2-8H,1H3. The number of hydrogen-bond acceptors (Lipinski definition) is 5. The smallest absolute Gasteiger partial charge is 0.124 e. The number of nitrogens with zero attached hydrogens (tertiary/aromatic N) is 2. The molecule has 0 amide bonds. The molecule has 3 rings (SSSR count). The van der Waals surface area contributed by atoms with Gasteiger partial charge < -0.3 is 4.74 Å². The first-order valence-electron chi connectivity index (χ1n) is 5.68. The predicted octanol–water partition coefficient (Wildman–Crippen LogP) is 4.37. The van der Waals surface area contributed by atoms with Crippen molar-refractivity contribution in [3.05, 3.63) is 47.4 Å². The highest BCUT2D eigenvalue weighted by Crippen LogP contribution is 2.32. The molecule has 19 heavy (non-hydrogen) atoms. The maximum atomic E-state index is 10.5. The topological polar surface area (TPSA) is 51.6 Å². The van der Waals surface area contributed by atoms with Crippen LogP contribution in [0.2, 0.25) is 0 Å². The first-order valence-corrected chi connectivity index (χ1v) is 6.50. The Morgan fingerprint density at radius 3 is 2.63 bits per heavy atom. The molecule has 4 nitrogen and oxygen atoms in total. The number of thiazole rings is 1. The molecule has 0 saturated carbocycles. The summed E-state index contributed by atoms with van der Waals surface area (Å²) in [6.45, 7) is 0. The van der Waals surface area contributed by atoms with Gasteiger partial charge in [0, 0.05) is 5.56 Å². The Labute approximate surface area is 113 Å². The summed E-state index contributed by atoms with van der Waals surface area (Å²) in [5.41, 5.74) is 2.34. The highest BCUT2D eigenvalue weighted by Gasteiger charge is 2.07. The van der Waals surface area contributed by atoms with Gasteiger partial charge in [-0.3, -0.25) is 0 Å². The van der Waals surface area contributed by atoms with Crippen molar-refractivity contribution in [2.45, 2.75) is 0 Å². The van der Waals surface area contributed by atoms with Gasteiger partial charge in [-0.2, -0.15) is 0 Å². The summed E-state index contributed by atoms with van der Waals surface area (Å²) in [5.74, 6) is 0.817. The number of rotatable bonds is 3. The molecule has 0 spiro atoms. The quantitative estimate of drug-likeness (QED) is 0.664. The molecule has 0 aliphatic carbocycles. The van der Waals surface area contributed by atoms with Crippen molar-refractivity contribution in [1.82, 2.24) is 4.98 Å². The van der Waals surface area contributed by atoms with Crippen LogP contribution in [0.5, 0.6) is 5.75 Å². The van der Waals surface area contributed by atoms with Gasteiger partial charge >= 0.3 is 0 Å². The molecule has 0 aliphatic rings. The fraction of sp³-hybridized carbons (Fsp3) is 0.0714. The van der Waals surface area contributed by atoms with Crippen molar-refractivity contribution in [3.8, 4) is 16.3 Å². The third kappa shape index (κ3) is 2.20. The SMILES string of the molecule is COc1ccc(-c2nc3ccc(N=O)cc3s2)cc1. The van der Waals surface area contributed by atoms with Gasteiger partial charge in [0.15, 0.2) is 0 Å². The summed E-state index contributed by atoms with van der Waals surface area (Å²) in [5, 5.41) is 3.86. The summed E-state index contributed by atoms with van der Waals surface area (Å²) in [4.78, 5) is 15.1. The molecule has 0 aliphatic heterocycles. The van der Waals surface area contributed by atoms with Gasteiger partial charge in [0.2, 0.25) is 0 Å². The summed E-state index contributed by atoms with van der Waals surface area (Å²) in [6, 6.07) is 13.0. The lowest BCUT2D eigenvalue weighted by atomic mass is 10.2.